The Hall–Kier alpha value is -2.31. The normalized spacial score (nSPS) is 19.2. The van der Waals surface area contributed by atoms with Gasteiger partial charge < -0.3 is 19.7 Å². The lowest BCUT2D eigenvalue weighted by Gasteiger charge is -2.34. The van der Waals surface area contributed by atoms with Gasteiger partial charge in [0.2, 0.25) is 5.91 Å². The molecule has 2 rings (SSSR count). The van der Waals surface area contributed by atoms with Crippen molar-refractivity contribution >= 4 is 17.8 Å². The van der Waals surface area contributed by atoms with Crippen LogP contribution in [0.3, 0.4) is 0 Å². The highest BCUT2D eigenvalue weighted by molar-refractivity contribution is 5.95. The Bertz CT molecular complexity index is 555. The van der Waals surface area contributed by atoms with Gasteiger partial charge in [0.15, 0.2) is 5.76 Å². The number of amides is 2. The molecule has 1 aliphatic heterocycles. The van der Waals surface area contributed by atoms with Gasteiger partial charge in [-0.3, -0.25) is 14.4 Å². The second kappa shape index (κ2) is 7.80. The first-order valence-corrected chi connectivity index (χ1v) is 7.85. The number of carboxylic acids is 1. The van der Waals surface area contributed by atoms with E-state index in [4.69, 9.17) is 9.52 Å². The van der Waals surface area contributed by atoms with E-state index < -0.39 is 12.0 Å². The number of furan rings is 1. The summed E-state index contributed by atoms with van der Waals surface area (Å²) in [4.78, 5) is 37.0. The van der Waals surface area contributed by atoms with E-state index in [1.807, 2.05) is 0 Å². The van der Waals surface area contributed by atoms with E-state index in [2.05, 4.69) is 5.32 Å². The molecule has 2 N–H and O–H groups in total. The van der Waals surface area contributed by atoms with Crippen molar-refractivity contribution in [3.63, 3.8) is 0 Å². The molecule has 126 valence electrons. The molecule has 0 radical (unpaired) electrons. The fourth-order valence-electron chi connectivity index (χ4n) is 2.74. The third-order valence-corrected chi connectivity index (χ3v) is 3.98. The molecule has 1 fully saturated rings. The zero-order valence-electron chi connectivity index (χ0n) is 13.2. The highest BCUT2D eigenvalue weighted by atomic mass is 16.4. The van der Waals surface area contributed by atoms with Crippen LogP contribution in [-0.2, 0) is 9.59 Å². The number of carboxylic acid groups (broad SMARTS) is 1. The van der Waals surface area contributed by atoms with E-state index in [9.17, 15) is 14.4 Å². The molecule has 2 amide bonds. The minimum absolute atomic E-state index is 0.00114. The number of likely N-dealkylation sites (tertiary alicyclic amines) is 1. The van der Waals surface area contributed by atoms with Gasteiger partial charge in [-0.2, -0.15) is 0 Å². The highest BCUT2D eigenvalue weighted by Crippen LogP contribution is 2.20. The predicted molar refractivity (Wildman–Crippen MR) is 81.9 cm³/mol. The zero-order chi connectivity index (χ0) is 16.8. The molecule has 23 heavy (non-hydrogen) atoms. The van der Waals surface area contributed by atoms with Crippen LogP contribution in [0.15, 0.2) is 22.8 Å². The average Bonchev–Trinajstić information content (AvgIpc) is 3.06. The van der Waals surface area contributed by atoms with Gasteiger partial charge in [0.05, 0.1) is 6.26 Å². The average molecular weight is 322 g/mol. The maximum atomic E-state index is 12.5. The minimum Gasteiger partial charge on any atom is -0.481 e. The number of piperidine rings is 1. The topological polar surface area (TPSA) is 99.9 Å². The summed E-state index contributed by atoms with van der Waals surface area (Å²) in [5.74, 6) is -1.18. The number of hydrogen-bond donors (Lipinski definition) is 2. The SMILES string of the molecule is CC(CCC(=O)O)NC(=O)C1CCCCN1C(=O)c1ccco1. The van der Waals surface area contributed by atoms with Gasteiger partial charge in [-0.25, -0.2) is 0 Å². The molecule has 2 atom stereocenters. The molecule has 1 aromatic rings. The molecule has 0 aliphatic carbocycles. The molecule has 1 saturated heterocycles. The van der Waals surface area contributed by atoms with Crippen molar-refractivity contribution in [3.8, 4) is 0 Å². The summed E-state index contributed by atoms with van der Waals surface area (Å²) >= 11 is 0. The summed E-state index contributed by atoms with van der Waals surface area (Å²) in [6, 6.07) is 2.44. The molecule has 7 heteroatoms. The second-order valence-electron chi connectivity index (χ2n) is 5.83. The van der Waals surface area contributed by atoms with Gasteiger partial charge in [-0.05, 0) is 44.7 Å². The van der Waals surface area contributed by atoms with Gasteiger partial charge in [-0.1, -0.05) is 0 Å². The molecule has 0 spiro atoms. The van der Waals surface area contributed by atoms with Crippen LogP contribution in [0.2, 0.25) is 0 Å². The molecule has 0 aromatic carbocycles. The van der Waals surface area contributed by atoms with Crippen LogP contribution in [0.5, 0.6) is 0 Å². The minimum atomic E-state index is -0.890. The van der Waals surface area contributed by atoms with Crippen molar-refractivity contribution in [1.29, 1.82) is 0 Å². The summed E-state index contributed by atoms with van der Waals surface area (Å²) in [7, 11) is 0. The van der Waals surface area contributed by atoms with Crippen LogP contribution in [0.4, 0.5) is 0 Å². The highest BCUT2D eigenvalue weighted by Gasteiger charge is 2.34. The lowest BCUT2D eigenvalue weighted by atomic mass is 10.0. The van der Waals surface area contributed by atoms with E-state index >= 15 is 0 Å². The van der Waals surface area contributed by atoms with Gasteiger partial charge in [-0.15, -0.1) is 0 Å². The largest absolute Gasteiger partial charge is 0.481 e. The predicted octanol–water partition coefficient (Wildman–Crippen LogP) is 1.64. The molecule has 0 saturated carbocycles. The van der Waals surface area contributed by atoms with Crippen molar-refractivity contribution < 1.29 is 23.9 Å². The van der Waals surface area contributed by atoms with Crippen LogP contribution < -0.4 is 5.32 Å². The maximum absolute atomic E-state index is 12.5. The molecular weight excluding hydrogens is 300 g/mol. The van der Waals surface area contributed by atoms with Gasteiger partial charge >= 0.3 is 5.97 Å². The van der Waals surface area contributed by atoms with E-state index in [1.54, 1.807) is 24.0 Å². The monoisotopic (exact) mass is 322 g/mol. The first-order chi connectivity index (χ1) is 11.0. The number of hydrogen-bond acceptors (Lipinski definition) is 4. The number of nitrogens with zero attached hydrogens (tertiary/aromatic N) is 1. The van der Waals surface area contributed by atoms with Crippen LogP contribution in [0.25, 0.3) is 0 Å². The van der Waals surface area contributed by atoms with Crippen LogP contribution in [-0.4, -0.2) is 46.4 Å². The number of rotatable bonds is 6. The number of aliphatic carboxylic acids is 1. The Kier molecular flexibility index (Phi) is 5.78. The molecule has 2 heterocycles. The van der Waals surface area contributed by atoms with E-state index in [0.717, 1.165) is 12.8 Å². The Morgan fingerprint density at radius 2 is 2.22 bits per heavy atom. The fraction of sp³-hybridized carbons (Fsp3) is 0.562. The van der Waals surface area contributed by atoms with Crippen LogP contribution in [0.1, 0.15) is 49.6 Å². The van der Waals surface area contributed by atoms with Crippen molar-refractivity contribution in [1.82, 2.24) is 10.2 Å². The molecular formula is C16H22N2O5. The Balaban J connectivity index is 1.98. The maximum Gasteiger partial charge on any atom is 0.303 e. The lowest BCUT2D eigenvalue weighted by molar-refractivity contribution is -0.137. The van der Waals surface area contributed by atoms with E-state index in [1.165, 1.54) is 6.26 Å². The Morgan fingerprint density at radius 1 is 1.43 bits per heavy atom. The van der Waals surface area contributed by atoms with Crippen molar-refractivity contribution in [2.45, 2.75) is 51.1 Å². The molecule has 7 nitrogen and oxygen atoms in total. The van der Waals surface area contributed by atoms with Gasteiger partial charge in [0, 0.05) is 19.0 Å². The first kappa shape index (κ1) is 17.1. The number of carbonyl (C=O) groups is 3. The Morgan fingerprint density at radius 3 is 2.87 bits per heavy atom. The van der Waals surface area contributed by atoms with Gasteiger partial charge in [0.1, 0.15) is 6.04 Å². The summed E-state index contributed by atoms with van der Waals surface area (Å²) in [6.07, 6.45) is 4.12. The molecule has 2 unspecified atom stereocenters. The zero-order valence-corrected chi connectivity index (χ0v) is 13.2. The smallest absolute Gasteiger partial charge is 0.303 e. The molecule has 1 aliphatic rings. The van der Waals surface area contributed by atoms with Crippen molar-refractivity contribution in [3.05, 3.63) is 24.2 Å². The van der Waals surface area contributed by atoms with Crippen LogP contribution >= 0.6 is 0 Å². The standard InChI is InChI=1S/C16H22N2O5/c1-11(7-8-14(19)20)17-15(21)12-5-2-3-9-18(12)16(22)13-6-4-10-23-13/h4,6,10-12H,2-3,5,7-9H2,1H3,(H,17,21)(H,19,20). The quantitative estimate of drug-likeness (QED) is 0.829. The summed E-state index contributed by atoms with van der Waals surface area (Å²) < 4.78 is 5.13. The second-order valence-corrected chi connectivity index (χ2v) is 5.83. The number of nitrogens with one attached hydrogen (secondary N) is 1. The third kappa shape index (κ3) is 4.58. The van der Waals surface area contributed by atoms with Gasteiger partial charge in [0.25, 0.3) is 5.91 Å². The summed E-state index contributed by atoms with van der Waals surface area (Å²) in [6.45, 7) is 2.28. The van der Waals surface area contributed by atoms with E-state index in [-0.39, 0.29) is 30.0 Å². The summed E-state index contributed by atoms with van der Waals surface area (Å²) in [5, 5.41) is 11.5. The van der Waals surface area contributed by atoms with Crippen molar-refractivity contribution in [2.75, 3.05) is 6.54 Å². The first-order valence-electron chi connectivity index (χ1n) is 7.85. The van der Waals surface area contributed by atoms with E-state index in [0.29, 0.717) is 19.4 Å². The number of carbonyl (C=O) groups excluding carboxylic acids is 2. The molecule has 1 aromatic heterocycles. The van der Waals surface area contributed by atoms with Crippen LogP contribution in [0, 0.1) is 0 Å². The van der Waals surface area contributed by atoms with Crippen molar-refractivity contribution in [2.24, 2.45) is 0 Å². The Labute approximate surface area is 134 Å². The summed E-state index contributed by atoms with van der Waals surface area (Å²) in [5.41, 5.74) is 0. The third-order valence-electron chi connectivity index (χ3n) is 3.98. The molecule has 0 bridgehead atoms. The lowest BCUT2D eigenvalue weighted by Crippen LogP contribution is -2.53. The fourth-order valence-corrected chi connectivity index (χ4v) is 2.74.